The van der Waals surface area contributed by atoms with Crippen molar-refractivity contribution in [3.63, 3.8) is 0 Å². The Labute approximate surface area is 66.0 Å². The van der Waals surface area contributed by atoms with E-state index in [1.807, 2.05) is 13.8 Å². The molecule has 0 aliphatic rings. The molecular weight excluding hydrogens is 141 g/mol. The zero-order valence-corrected chi connectivity index (χ0v) is 7.03. The molecule has 2 N–H and O–H groups in total. The maximum Gasteiger partial charge on any atom is 0.149 e. The summed E-state index contributed by atoms with van der Waals surface area (Å²) in [6, 6.07) is 1.66. The number of hydrogen-bond donors (Lipinski definition) is 1. The average molecular weight is 153 g/mol. The third-order valence-corrected chi connectivity index (χ3v) is 2.11. The Bertz CT molecular complexity index is 266. The van der Waals surface area contributed by atoms with E-state index in [2.05, 4.69) is 0 Å². The van der Waals surface area contributed by atoms with Crippen LogP contribution in [0.25, 0.3) is 0 Å². The zero-order chi connectivity index (χ0) is 8.59. The van der Waals surface area contributed by atoms with E-state index in [9.17, 15) is 4.39 Å². The number of hydrogen-bond acceptors (Lipinski definition) is 1. The monoisotopic (exact) mass is 153 g/mol. The molecule has 0 aromatic heterocycles. The summed E-state index contributed by atoms with van der Waals surface area (Å²) >= 11 is 0. The lowest BCUT2D eigenvalue weighted by atomic mass is 10.0. The van der Waals surface area contributed by atoms with Crippen LogP contribution in [0.3, 0.4) is 0 Å². The van der Waals surface area contributed by atoms with Crippen LogP contribution in [0.1, 0.15) is 16.7 Å². The highest BCUT2D eigenvalue weighted by Gasteiger charge is 2.06. The van der Waals surface area contributed by atoms with Crippen LogP contribution in [0.4, 0.5) is 10.1 Å². The second-order valence-corrected chi connectivity index (χ2v) is 2.85. The van der Waals surface area contributed by atoms with Crippen molar-refractivity contribution in [3.8, 4) is 0 Å². The second kappa shape index (κ2) is 2.53. The van der Waals surface area contributed by atoms with Crippen LogP contribution in [0.2, 0.25) is 0 Å². The van der Waals surface area contributed by atoms with Gasteiger partial charge in [0.15, 0.2) is 0 Å². The van der Waals surface area contributed by atoms with Crippen LogP contribution >= 0.6 is 0 Å². The quantitative estimate of drug-likeness (QED) is 0.569. The fraction of sp³-hybridized carbons (Fsp3) is 0.333. The van der Waals surface area contributed by atoms with Gasteiger partial charge in [-0.05, 0) is 43.5 Å². The van der Waals surface area contributed by atoms with E-state index in [1.54, 1.807) is 13.0 Å². The number of anilines is 1. The summed E-state index contributed by atoms with van der Waals surface area (Å²) in [7, 11) is 0. The van der Waals surface area contributed by atoms with Crippen LogP contribution in [0.5, 0.6) is 0 Å². The van der Waals surface area contributed by atoms with Crippen molar-refractivity contribution in [1.29, 1.82) is 0 Å². The molecule has 2 heteroatoms. The van der Waals surface area contributed by atoms with Crippen molar-refractivity contribution < 1.29 is 4.39 Å². The lowest BCUT2D eigenvalue weighted by molar-refractivity contribution is 0.621. The summed E-state index contributed by atoms with van der Waals surface area (Å²) in [4.78, 5) is 0. The SMILES string of the molecule is Cc1cc(N)c(F)c(C)c1C. The van der Waals surface area contributed by atoms with E-state index < -0.39 is 0 Å². The summed E-state index contributed by atoms with van der Waals surface area (Å²) in [5, 5.41) is 0. The van der Waals surface area contributed by atoms with Gasteiger partial charge in [-0.1, -0.05) is 0 Å². The van der Waals surface area contributed by atoms with Gasteiger partial charge in [0.1, 0.15) is 5.82 Å². The predicted molar refractivity (Wildman–Crippen MR) is 45.0 cm³/mol. The molecule has 0 aliphatic heterocycles. The highest BCUT2D eigenvalue weighted by Crippen LogP contribution is 2.21. The Balaban J connectivity index is 3.46. The largest absolute Gasteiger partial charge is 0.396 e. The molecule has 0 saturated heterocycles. The summed E-state index contributed by atoms with van der Waals surface area (Å²) in [5.41, 5.74) is 8.34. The van der Waals surface area contributed by atoms with E-state index in [0.717, 1.165) is 11.1 Å². The fourth-order valence-electron chi connectivity index (χ4n) is 1.08. The number of nitrogen functional groups attached to an aromatic ring is 1. The van der Waals surface area contributed by atoms with E-state index in [0.29, 0.717) is 5.56 Å². The summed E-state index contributed by atoms with van der Waals surface area (Å²) in [5.74, 6) is -0.284. The van der Waals surface area contributed by atoms with Gasteiger partial charge in [-0.3, -0.25) is 0 Å². The molecule has 0 spiro atoms. The van der Waals surface area contributed by atoms with Gasteiger partial charge in [0.05, 0.1) is 5.69 Å². The van der Waals surface area contributed by atoms with Gasteiger partial charge < -0.3 is 5.73 Å². The summed E-state index contributed by atoms with van der Waals surface area (Å²) < 4.78 is 13.0. The number of rotatable bonds is 0. The Morgan fingerprint density at radius 3 is 2.27 bits per heavy atom. The smallest absolute Gasteiger partial charge is 0.149 e. The molecule has 0 unspecified atom stereocenters. The van der Waals surface area contributed by atoms with Gasteiger partial charge >= 0.3 is 0 Å². The molecule has 0 bridgehead atoms. The van der Waals surface area contributed by atoms with Gasteiger partial charge in [-0.2, -0.15) is 0 Å². The van der Waals surface area contributed by atoms with E-state index in [1.165, 1.54) is 0 Å². The Morgan fingerprint density at radius 2 is 1.73 bits per heavy atom. The lowest BCUT2D eigenvalue weighted by Crippen LogP contribution is -1.97. The Kier molecular flexibility index (Phi) is 1.85. The minimum Gasteiger partial charge on any atom is -0.396 e. The number of halogens is 1. The standard InChI is InChI=1S/C9H12FN/c1-5-4-8(11)9(10)7(3)6(5)2/h4H,11H2,1-3H3. The Hall–Kier alpha value is -1.05. The lowest BCUT2D eigenvalue weighted by Gasteiger charge is -2.07. The molecule has 1 aromatic rings. The van der Waals surface area contributed by atoms with Crippen molar-refractivity contribution in [2.45, 2.75) is 20.8 Å². The normalized spacial score (nSPS) is 10.2. The van der Waals surface area contributed by atoms with Gasteiger partial charge in [-0.15, -0.1) is 0 Å². The first-order chi connectivity index (χ1) is 5.04. The molecule has 0 aliphatic carbocycles. The second-order valence-electron chi connectivity index (χ2n) is 2.85. The first-order valence-electron chi connectivity index (χ1n) is 3.56. The molecule has 11 heavy (non-hydrogen) atoms. The highest BCUT2D eigenvalue weighted by atomic mass is 19.1. The number of benzene rings is 1. The minimum absolute atomic E-state index is 0.241. The highest BCUT2D eigenvalue weighted by molar-refractivity contribution is 5.49. The van der Waals surface area contributed by atoms with Gasteiger partial charge in [0.25, 0.3) is 0 Å². The molecular formula is C9H12FN. The summed E-state index contributed by atoms with van der Waals surface area (Å²) in [6.07, 6.45) is 0. The molecule has 0 radical (unpaired) electrons. The van der Waals surface area contributed by atoms with Crippen LogP contribution < -0.4 is 5.73 Å². The molecule has 0 fully saturated rings. The average Bonchev–Trinajstić information content (AvgIpc) is 1.97. The number of nitrogens with two attached hydrogens (primary N) is 1. The molecule has 0 amide bonds. The van der Waals surface area contributed by atoms with Crippen LogP contribution in [-0.2, 0) is 0 Å². The van der Waals surface area contributed by atoms with Gasteiger partial charge in [-0.25, -0.2) is 4.39 Å². The van der Waals surface area contributed by atoms with E-state index in [4.69, 9.17) is 5.73 Å². The maximum absolute atomic E-state index is 13.0. The van der Waals surface area contributed by atoms with Crippen molar-refractivity contribution in [2.24, 2.45) is 0 Å². The van der Waals surface area contributed by atoms with Crippen LogP contribution in [-0.4, -0.2) is 0 Å². The van der Waals surface area contributed by atoms with Crippen molar-refractivity contribution in [1.82, 2.24) is 0 Å². The molecule has 1 aromatic carbocycles. The van der Waals surface area contributed by atoms with Crippen molar-refractivity contribution in [2.75, 3.05) is 5.73 Å². The Morgan fingerprint density at radius 1 is 1.18 bits per heavy atom. The van der Waals surface area contributed by atoms with Gasteiger partial charge in [0.2, 0.25) is 0 Å². The maximum atomic E-state index is 13.0. The third kappa shape index (κ3) is 1.20. The van der Waals surface area contributed by atoms with E-state index >= 15 is 0 Å². The fourth-order valence-corrected chi connectivity index (χ4v) is 1.08. The van der Waals surface area contributed by atoms with Crippen LogP contribution in [0, 0.1) is 26.6 Å². The minimum atomic E-state index is -0.284. The first-order valence-corrected chi connectivity index (χ1v) is 3.56. The third-order valence-electron chi connectivity index (χ3n) is 2.11. The molecule has 60 valence electrons. The molecule has 0 atom stereocenters. The van der Waals surface area contributed by atoms with Crippen molar-refractivity contribution >= 4 is 5.69 Å². The van der Waals surface area contributed by atoms with Crippen molar-refractivity contribution in [3.05, 3.63) is 28.6 Å². The van der Waals surface area contributed by atoms with Crippen LogP contribution in [0.15, 0.2) is 6.07 Å². The molecule has 1 nitrogen and oxygen atoms in total. The van der Waals surface area contributed by atoms with E-state index in [-0.39, 0.29) is 11.5 Å². The van der Waals surface area contributed by atoms with Gasteiger partial charge in [0, 0.05) is 0 Å². The summed E-state index contributed by atoms with van der Waals surface area (Å²) in [6.45, 7) is 5.57. The first kappa shape index (κ1) is 8.05. The molecule has 1 rings (SSSR count). The predicted octanol–water partition coefficient (Wildman–Crippen LogP) is 2.33. The topological polar surface area (TPSA) is 26.0 Å². The zero-order valence-electron chi connectivity index (χ0n) is 7.03. The number of aryl methyl sites for hydroxylation is 1. The molecule has 0 heterocycles. The molecule has 0 saturated carbocycles.